The van der Waals surface area contributed by atoms with Gasteiger partial charge in [0.25, 0.3) is 0 Å². The highest BCUT2D eigenvalue weighted by Crippen LogP contribution is 2.24. The van der Waals surface area contributed by atoms with Crippen LogP contribution in [0.25, 0.3) is 10.9 Å². The van der Waals surface area contributed by atoms with Gasteiger partial charge < -0.3 is 0 Å². The van der Waals surface area contributed by atoms with E-state index in [-0.39, 0.29) is 0 Å². The molecule has 0 fully saturated rings. The largest absolute Gasteiger partial charge is 0.241 e. The fraction of sp³-hybridized carbons (Fsp3) is 0.0833. The van der Waals surface area contributed by atoms with Crippen molar-refractivity contribution in [2.75, 3.05) is 0 Å². The summed E-state index contributed by atoms with van der Waals surface area (Å²) < 4.78 is 12.9. The van der Waals surface area contributed by atoms with E-state index in [1.54, 1.807) is 6.07 Å². The molecule has 0 bridgehead atoms. The van der Waals surface area contributed by atoms with Crippen LogP contribution in [-0.2, 0) is 0 Å². The smallest absolute Gasteiger partial charge is 0.212 e. The number of halogens is 1. The Hall–Kier alpha value is -1.53. The predicted molar refractivity (Wildman–Crippen MR) is 61.3 cm³/mol. The number of hydrogen-bond donors (Lipinski definition) is 0. The Labute approximate surface area is 91.7 Å². The van der Waals surface area contributed by atoms with Crippen molar-refractivity contribution in [1.29, 1.82) is 0 Å². The fourth-order valence-corrected chi connectivity index (χ4v) is 1.83. The van der Waals surface area contributed by atoms with E-state index in [4.69, 9.17) is 6.42 Å². The lowest BCUT2D eigenvalue weighted by Gasteiger charge is -2.02. The number of terminal acetylenes is 1. The summed E-state index contributed by atoms with van der Waals surface area (Å²) in [5, 5.41) is 1.65. The minimum absolute atomic E-state index is 0.610. The first-order valence-corrected chi connectivity index (χ1v) is 5.30. The molecule has 3 heteroatoms. The molecular formula is C12H8FNS. The molecule has 0 N–H and O–H groups in total. The maximum Gasteiger partial charge on any atom is 0.212 e. The molecule has 0 aliphatic carbocycles. The molecule has 74 valence electrons. The van der Waals surface area contributed by atoms with Gasteiger partial charge in [0.15, 0.2) is 0 Å². The van der Waals surface area contributed by atoms with E-state index < -0.39 is 5.50 Å². The highest BCUT2D eigenvalue weighted by molar-refractivity contribution is 7.99. The van der Waals surface area contributed by atoms with E-state index in [2.05, 4.69) is 4.98 Å². The van der Waals surface area contributed by atoms with Crippen molar-refractivity contribution in [2.45, 2.75) is 10.5 Å². The van der Waals surface area contributed by atoms with Crippen molar-refractivity contribution < 1.29 is 4.39 Å². The molecule has 0 saturated carbocycles. The maximum atomic E-state index is 12.9. The van der Waals surface area contributed by atoms with Crippen molar-refractivity contribution in [3.63, 3.8) is 0 Å². The van der Waals surface area contributed by atoms with Crippen LogP contribution in [0, 0.1) is 12.3 Å². The van der Waals surface area contributed by atoms with Crippen molar-refractivity contribution in [2.24, 2.45) is 0 Å². The van der Waals surface area contributed by atoms with Gasteiger partial charge in [-0.15, -0.1) is 6.42 Å². The molecule has 1 atom stereocenters. The third-order valence-electron chi connectivity index (χ3n) is 1.93. The zero-order valence-electron chi connectivity index (χ0n) is 7.85. The summed E-state index contributed by atoms with van der Waals surface area (Å²) in [7, 11) is 0. The number of fused-ring (bicyclic) bond motifs is 1. The second kappa shape index (κ2) is 4.33. The molecule has 0 aliphatic rings. The summed E-state index contributed by atoms with van der Waals surface area (Å²) in [5.74, 6) is 2.02. The summed E-state index contributed by atoms with van der Waals surface area (Å²) in [6.45, 7) is 0. The van der Waals surface area contributed by atoms with Crippen LogP contribution in [-0.4, -0.2) is 10.5 Å². The molecule has 0 aliphatic heterocycles. The average Bonchev–Trinajstić information content (AvgIpc) is 2.29. The number of aromatic nitrogens is 1. The molecule has 1 aromatic heterocycles. The number of nitrogens with zero attached hydrogens (tertiary/aromatic N) is 1. The van der Waals surface area contributed by atoms with Crippen molar-refractivity contribution >= 4 is 22.7 Å². The lowest BCUT2D eigenvalue weighted by atomic mass is 10.2. The summed E-state index contributed by atoms with van der Waals surface area (Å²) in [4.78, 5) is 4.29. The van der Waals surface area contributed by atoms with Crippen LogP contribution in [0.2, 0.25) is 0 Å². The van der Waals surface area contributed by atoms with Gasteiger partial charge in [0.1, 0.15) is 5.03 Å². The van der Waals surface area contributed by atoms with Crippen LogP contribution in [0.3, 0.4) is 0 Å². The predicted octanol–water partition coefficient (Wildman–Crippen LogP) is 3.26. The summed E-state index contributed by atoms with van der Waals surface area (Å²) >= 11 is 0.945. The molecule has 15 heavy (non-hydrogen) atoms. The lowest BCUT2D eigenvalue weighted by molar-refractivity contribution is 0.532. The Morgan fingerprint density at radius 2 is 2.07 bits per heavy atom. The molecule has 0 spiro atoms. The number of pyridine rings is 1. The molecule has 0 saturated heterocycles. The second-order valence-electron chi connectivity index (χ2n) is 2.94. The van der Waals surface area contributed by atoms with Crippen molar-refractivity contribution in [3.05, 3.63) is 36.4 Å². The summed E-state index contributed by atoms with van der Waals surface area (Å²) in [6, 6.07) is 11.4. The van der Waals surface area contributed by atoms with Crippen LogP contribution in [0.4, 0.5) is 4.39 Å². The maximum absolute atomic E-state index is 12.9. The molecule has 1 aromatic carbocycles. The molecule has 2 aromatic rings. The first-order valence-electron chi connectivity index (χ1n) is 4.42. The minimum Gasteiger partial charge on any atom is -0.241 e. The SMILES string of the molecule is C#CC(F)Sc1ccc2ccccc2n1. The summed E-state index contributed by atoms with van der Waals surface area (Å²) in [5.41, 5.74) is -0.481. The minimum atomic E-state index is -1.33. The van der Waals surface area contributed by atoms with E-state index in [9.17, 15) is 4.39 Å². The van der Waals surface area contributed by atoms with Crippen LogP contribution >= 0.6 is 11.8 Å². The fourth-order valence-electron chi connectivity index (χ4n) is 1.25. The molecule has 2 rings (SSSR count). The first kappa shape index (κ1) is 10.0. The number of rotatable bonds is 2. The zero-order chi connectivity index (χ0) is 10.7. The van der Waals surface area contributed by atoms with E-state index >= 15 is 0 Å². The van der Waals surface area contributed by atoms with Crippen LogP contribution in [0.1, 0.15) is 0 Å². The van der Waals surface area contributed by atoms with Crippen LogP contribution in [0.5, 0.6) is 0 Å². The van der Waals surface area contributed by atoms with Gasteiger partial charge in [-0.3, -0.25) is 0 Å². The first-order chi connectivity index (χ1) is 7.29. The molecule has 1 heterocycles. The number of benzene rings is 1. The van der Waals surface area contributed by atoms with Crippen molar-refractivity contribution in [1.82, 2.24) is 4.98 Å². The lowest BCUT2D eigenvalue weighted by Crippen LogP contribution is -1.89. The van der Waals surface area contributed by atoms with Gasteiger partial charge in [0.2, 0.25) is 5.50 Å². The quantitative estimate of drug-likeness (QED) is 0.565. The van der Waals surface area contributed by atoms with Gasteiger partial charge in [-0.2, -0.15) is 0 Å². The van der Waals surface area contributed by atoms with Crippen LogP contribution < -0.4 is 0 Å². The molecule has 1 unspecified atom stereocenters. The highest BCUT2D eigenvalue weighted by atomic mass is 32.2. The number of alkyl halides is 1. The van der Waals surface area contributed by atoms with Crippen LogP contribution in [0.15, 0.2) is 41.4 Å². The van der Waals surface area contributed by atoms with E-state index in [1.807, 2.05) is 36.3 Å². The third kappa shape index (κ3) is 2.28. The van der Waals surface area contributed by atoms with E-state index in [0.717, 1.165) is 22.7 Å². The van der Waals surface area contributed by atoms with E-state index in [1.165, 1.54) is 0 Å². The zero-order valence-corrected chi connectivity index (χ0v) is 8.67. The second-order valence-corrected chi connectivity index (χ2v) is 4.01. The normalized spacial score (nSPS) is 12.3. The Kier molecular flexibility index (Phi) is 2.89. The molecule has 0 radical (unpaired) electrons. The molecular weight excluding hydrogens is 209 g/mol. The molecule has 1 nitrogen and oxygen atoms in total. The Balaban J connectivity index is 2.35. The van der Waals surface area contributed by atoms with E-state index in [0.29, 0.717) is 5.03 Å². The van der Waals surface area contributed by atoms with Gasteiger partial charge in [-0.05, 0) is 12.1 Å². The Bertz CT molecular complexity index is 518. The van der Waals surface area contributed by atoms with Gasteiger partial charge >= 0.3 is 0 Å². The Morgan fingerprint density at radius 1 is 1.27 bits per heavy atom. The topological polar surface area (TPSA) is 12.9 Å². The average molecular weight is 217 g/mol. The Morgan fingerprint density at radius 3 is 2.87 bits per heavy atom. The van der Waals surface area contributed by atoms with Gasteiger partial charge in [-0.25, -0.2) is 9.37 Å². The number of hydrogen-bond acceptors (Lipinski definition) is 2. The third-order valence-corrected chi connectivity index (χ3v) is 2.74. The molecule has 0 amide bonds. The number of para-hydroxylation sites is 1. The van der Waals surface area contributed by atoms with Gasteiger partial charge in [0.05, 0.1) is 5.52 Å². The van der Waals surface area contributed by atoms with Gasteiger partial charge in [-0.1, -0.05) is 41.9 Å². The monoisotopic (exact) mass is 217 g/mol. The number of thioether (sulfide) groups is 1. The van der Waals surface area contributed by atoms with Gasteiger partial charge in [0, 0.05) is 5.39 Å². The standard InChI is InChI=1S/C12H8FNS/c1-2-11(13)15-12-8-7-9-5-3-4-6-10(9)14-12/h1,3-8,11H. The highest BCUT2D eigenvalue weighted by Gasteiger charge is 2.05. The van der Waals surface area contributed by atoms with Crippen molar-refractivity contribution in [3.8, 4) is 12.3 Å². The summed E-state index contributed by atoms with van der Waals surface area (Å²) in [6.07, 6.45) is 4.96.